The van der Waals surface area contributed by atoms with Crippen LogP contribution in [0.5, 0.6) is 0 Å². The summed E-state index contributed by atoms with van der Waals surface area (Å²) in [6.45, 7) is 3.47. The van der Waals surface area contributed by atoms with Gasteiger partial charge in [0, 0.05) is 35.9 Å². The molecule has 2 amide bonds. The number of aromatic nitrogens is 3. The molecule has 0 aliphatic rings. The average Bonchev–Trinajstić information content (AvgIpc) is 2.87. The number of amides is 2. The van der Waals surface area contributed by atoms with Crippen molar-refractivity contribution < 1.29 is 24.7 Å². The molecule has 3 rings (SSSR count). The van der Waals surface area contributed by atoms with Gasteiger partial charge in [-0.05, 0) is 50.2 Å². The summed E-state index contributed by atoms with van der Waals surface area (Å²) in [7, 11) is 4.20. The van der Waals surface area contributed by atoms with E-state index < -0.39 is 0 Å². The second-order valence-corrected chi connectivity index (χ2v) is 6.16. The van der Waals surface area contributed by atoms with Crippen molar-refractivity contribution in [3.05, 3.63) is 89.8 Å². The Morgan fingerprint density at radius 3 is 1.50 bits per heavy atom. The van der Waals surface area contributed by atoms with Crippen molar-refractivity contribution >= 4 is 33.3 Å². The first kappa shape index (κ1) is 24.8. The molecule has 0 radical (unpaired) electrons. The number of halogens is 1. The minimum atomic E-state index is -0.343. The molecule has 3 heterocycles. The molecule has 0 spiro atoms. The number of carbonyl (C=O) groups is 2. The van der Waals surface area contributed by atoms with Crippen LogP contribution in [0.25, 0.3) is 0 Å². The topological polar surface area (TPSA) is 122 Å². The van der Waals surface area contributed by atoms with Crippen LogP contribution < -0.4 is 10.9 Å². The zero-order chi connectivity index (χ0) is 23.3. The van der Waals surface area contributed by atoms with E-state index in [-0.39, 0.29) is 11.8 Å². The van der Waals surface area contributed by atoms with Gasteiger partial charge in [0.15, 0.2) is 0 Å². The molecule has 0 fully saturated rings. The fourth-order valence-corrected chi connectivity index (χ4v) is 2.36. The number of hydrogen-bond donors (Lipinski definition) is 2. The van der Waals surface area contributed by atoms with Crippen molar-refractivity contribution in [1.29, 1.82) is 0 Å². The van der Waals surface area contributed by atoms with Gasteiger partial charge in [0.1, 0.15) is 0 Å². The van der Waals surface area contributed by atoms with Gasteiger partial charge in [0.05, 0.1) is 22.8 Å². The van der Waals surface area contributed by atoms with Crippen LogP contribution in [-0.2, 0) is 15.1 Å². The molecule has 3 aromatic rings. The second-order valence-electron chi connectivity index (χ2n) is 6.16. The Morgan fingerprint density at radius 1 is 0.750 bits per heavy atom. The van der Waals surface area contributed by atoms with Crippen molar-refractivity contribution in [2.75, 3.05) is 0 Å². The Morgan fingerprint density at radius 2 is 1.12 bits per heavy atom. The molecule has 0 saturated carbocycles. The number of rotatable bonds is 6. The fraction of sp³-hybridized carbons (Fsp3) is 0.0952. The Bertz CT molecular complexity index is 1020. The van der Waals surface area contributed by atoms with Crippen LogP contribution in [0, 0.1) is 0 Å². The van der Waals surface area contributed by atoms with Gasteiger partial charge in [-0.3, -0.25) is 19.6 Å². The molecule has 3 aromatic heterocycles. The van der Waals surface area contributed by atoms with Crippen LogP contribution in [0.15, 0.2) is 77.5 Å². The zero-order valence-electron chi connectivity index (χ0n) is 17.1. The van der Waals surface area contributed by atoms with E-state index in [2.05, 4.69) is 61.2 Å². The third kappa shape index (κ3) is 7.35. The fourth-order valence-electron chi connectivity index (χ4n) is 2.36. The maximum atomic E-state index is 12.1. The van der Waals surface area contributed by atoms with E-state index in [4.69, 9.17) is 0 Å². The average molecular weight is 500 g/mol. The van der Waals surface area contributed by atoms with Crippen LogP contribution in [0.1, 0.15) is 46.0 Å². The zero-order valence-corrected chi connectivity index (χ0v) is 18.8. The van der Waals surface area contributed by atoms with Crippen molar-refractivity contribution in [2.24, 2.45) is 10.2 Å². The predicted molar refractivity (Wildman–Crippen MR) is 118 cm³/mol. The monoisotopic (exact) mass is 499 g/mol. The molecule has 0 saturated heterocycles. The first-order chi connectivity index (χ1) is 15.5. The molecule has 167 valence electrons. The molecular weight excluding hydrogens is 481 g/mol. The Hall–Kier alpha value is -3.46. The van der Waals surface area contributed by atoms with E-state index in [1.807, 2.05) is 0 Å². The van der Waals surface area contributed by atoms with Gasteiger partial charge in [-0.15, -0.1) is 0 Å². The molecule has 9 nitrogen and oxygen atoms in total. The van der Waals surface area contributed by atoms with Crippen LogP contribution in [-0.4, -0.2) is 38.2 Å². The van der Waals surface area contributed by atoms with Crippen molar-refractivity contribution in [3.63, 3.8) is 0 Å². The molecular formula is C21H19ClCuN7O2+. The summed E-state index contributed by atoms with van der Waals surface area (Å²) in [5.41, 5.74) is 8.07. The van der Waals surface area contributed by atoms with Gasteiger partial charge in [-0.1, -0.05) is 6.07 Å². The van der Waals surface area contributed by atoms with Crippen LogP contribution >= 0.6 is 10.1 Å². The summed E-state index contributed by atoms with van der Waals surface area (Å²) < 4.78 is 0. The van der Waals surface area contributed by atoms with Crippen molar-refractivity contribution in [3.8, 4) is 0 Å². The molecule has 0 aliphatic heterocycles. The molecule has 0 aromatic carbocycles. The van der Waals surface area contributed by atoms with Crippen molar-refractivity contribution in [2.45, 2.75) is 13.8 Å². The summed E-state index contributed by atoms with van der Waals surface area (Å²) in [4.78, 5) is 36.4. The Labute approximate surface area is 197 Å². The van der Waals surface area contributed by atoms with E-state index in [1.165, 1.54) is 24.8 Å². The van der Waals surface area contributed by atoms with Gasteiger partial charge < -0.3 is 0 Å². The van der Waals surface area contributed by atoms with Gasteiger partial charge in [-0.25, -0.2) is 15.8 Å². The second kappa shape index (κ2) is 13.1. The van der Waals surface area contributed by atoms with E-state index in [0.717, 1.165) is 0 Å². The molecule has 0 atom stereocenters. The quantitative estimate of drug-likeness (QED) is 0.306. The summed E-state index contributed by atoms with van der Waals surface area (Å²) >= 11 is 3.66. The van der Waals surface area contributed by atoms with E-state index >= 15 is 0 Å². The van der Waals surface area contributed by atoms with Gasteiger partial charge in [0.25, 0.3) is 11.8 Å². The number of hydrazone groups is 2. The summed E-state index contributed by atoms with van der Waals surface area (Å²) in [6, 6.07) is 11.7. The van der Waals surface area contributed by atoms with Crippen LogP contribution in [0.2, 0.25) is 0 Å². The first-order valence-electron chi connectivity index (χ1n) is 9.13. The third-order valence-electron chi connectivity index (χ3n) is 4.03. The van der Waals surface area contributed by atoms with Crippen molar-refractivity contribution in [1.82, 2.24) is 25.8 Å². The summed E-state index contributed by atoms with van der Waals surface area (Å²) in [6.07, 6.45) is 6.14. The van der Waals surface area contributed by atoms with Crippen LogP contribution in [0.3, 0.4) is 0 Å². The number of nitrogens with one attached hydrogen (secondary N) is 2. The molecule has 32 heavy (non-hydrogen) atoms. The van der Waals surface area contributed by atoms with Gasteiger partial charge >= 0.3 is 25.2 Å². The normalized spacial score (nSPS) is 11.2. The first-order valence-corrected chi connectivity index (χ1v) is 10.4. The van der Waals surface area contributed by atoms with E-state index in [9.17, 15) is 9.59 Å². The molecule has 11 heteroatoms. The SMILES string of the molecule is CC(=NNC(=O)c1ccncc1)c1cccc(C(C)=NNC(=O)c2ccncc2)n1.[Cl][Cu+]. The predicted octanol–water partition coefficient (Wildman–Crippen LogP) is 2.87. The van der Waals surface area contributed by atoms with E-state index in [0.29, 0.717) is 33.9 Å². The standard InChI is InChI=1S/C21H19N7O2.ClH.Cu/c1-14(25-27-20(29)16-6-10-22-11-7-16)18-4-3-5-19(24-18)15(2)26-28-21(30)17-8-12-23-13-9-17;;/h3-13H,1-2H3,(H,27,29)(H,28,30);1H;/q;;+2/p-1. The summed E-state index contributed by atoms with van der Waals surface area (Å²) in [5.74, 6) is -0.686. The number of nitrogens with zero attached hydrogens (tertiary/aromatic N) is 5. The summed E-state index contributed by atoms with van der Waals surface area (Å²) in [5, 5.41) is 8.21. The Kier molecular flexibility index (Phi) is 10.1. The third-order valence-corrected chi connectivity index (χ3v) is 4.03. The maximum absolute atomic E-state index is 12.1. The minimum absolute atomic E-state index is 0.343. The van der Waals surface area contributed by atoms with E-state index in [1.54, 1.807) is 56.3 Å². The molecule has 0 aliphatic carbocycles. The molecule has 2 N–H and O–H groups in total. The molecule has 0 unspecified atom stereocenters. The molecule has 0 bridgehead atoms. The van der Waals surface area contributed by atoms with Crippen LogP contribution in [0.4, 0.5) is 0 Å². The van der Waals surface area contributed by atoms with Gasteiger partial charge in [-0.2, -0.15) is 10.2 Å². The van der Waals surface area contributed by atoms with Gasteiger partial charge in [0.2, 0.25) is 0 Å². The number of carbonyl (C=O) groups excluding carboxylic acids is 2. The number of pyridine rings is 3. The number of hydrogen-bond acceptors (Lipinski definition) is 7. The Balaban J connectivity index is 0.00000176.